The molecule has 134 valence electrons. The summed E-state index contributed by atoms with van der Waals surface area (Å²) in [5.41, 5.74) is 0.861. The molecule has 7 heteroatoms. The Kier molecular flexibility index (Phi) is 5.02. The van der Waals surface area contributed by atoms with E-state index in [1.54, 1.807) is 23.1 Å². The number of benzene rings is 2. The summed E-state index contributed by atoms with van der Waals surface area (Å²) in [5, 5.41) is 0.494. The molecule has 1 amide bonds. The van der Waals surface area contributed by atoms with Crippen molar-refractivity contribution in [2.24, 2.45) is 0 Å². The van der Waals surface area contributed by atoms with Crippen molar-refractivity contribution in [3.05, 3.63) is 58.3 Å². The molecule has 0 radical (unpaired) electrons. The number of aromatic nitrogens is 1. The Bertz CT molecular complexity index is 938. The highest BCUT2D eigenvalue weighted by Gasteiger charge is 2.27. The molecule has 2 heterocycles. The van der Waals surface area contributed by atoms with Crippen LogP contribution in [0.1, 0.15) is 23.2 Å². The number of anilines is 1. The molecule has 1 aliphatic rings. The highest BCUT2D eigenvalue weighted by atomic mass is 79.9. The van der Waals surface area contributed by atoms with Crippen LogP contribution in [-0.2, 0) is 4.74 Å². The molecule has 1 unspecified atom stereocenters. The lowest BCUT2D eigenvalue weighted by Gasteiger charge is -2.23. The molecule has 2 aromatic carbocycles. The number of halogens is 2. The maximum absolute atomic E-state index is 14.0. The van der Waals surface area contributed by atoms with E-state index in [1.807, 2.05) is 18.2 Å². The summed E-state index contributed by atoms with van der Waals surface area (Å²) in [4.78, 5) is 19.2. The molecular weight excluding hydrogens is 419 g/mol. The van der Waals surface area contributed by atoms with Crippen LogP contribution in [0.25, 0.3) is 10.2 Å². The third-order valence-electron chi connectivity index (χ3n) is 4.34. The van der Waals surface area contributed by atoms with Gasteiger partial charge < -0.3 is 4.74 Å². The quantitative estimate of drug-likeness (QED) is 0.578. The standard InChI is InChI=1S/C19H16BrFN2O2S/c20-13-8-6-12(7-9-13)18(24)23(11-14-3-2-10-25-14)19-22-17-15(21)4-1-5-16(17)26-19/h1,4-9,14H,2-3,10-11H2. The minimum Gasteiger partial charge on any atom is -0.376 e. The summed E-state index contributed by atoms with van der Waals surface area (Å²) in [6.07, 6.45) is 1.87. The average Bonchev–Trinajstić information content (AvgIpc) is 3.30. The van der Waals surface area contributed by atoms with Gasteiger partial charge in [0.2, 0.25) is 0 Å². The number of carbonyl (C=O) groups excluding carboxylic acids is 1. The van der Waals surface area contributed by atoms with Gasteiger partial charge in [0.05, 0.1) is 17.3 Å². The van der Waals surface area contributed by atoms with Gasteiger partial charge in [-0.05, 0) is 49.2 Å². The van der Waals surface area contributed by atoms with Crippen molar-refractivity contribution in [1.29, 1.82) is 0 Å². The Balaban J connectivity index is 1.72. The first-order valence-electron chi connectivity index (χ1n) is 8.36. The number of ether oxygens (including phenoxy) is 1. The lowest BCUT2D eigenvalue weighted by atomic mass is 10.2. The number of hydrogen-bond acceptors (Lipinski definition) is 4. The van der Waals surface area contributed by atoms with Gasteiger partial charge in [0.15, 0.2) is 5.13 Å². The number of carbonyl (C=O) groups is 1. The van der Waals surface area contributed by atoms with Crippen molar-refractivity contribution in [2.45, 2.75) is 18.9 Å². The van der Waals surface area contributed by atoms with Gasteiger partial charge in [-0.25, -0.2) is 9.37 Å². The van der Waals surface area contributed by atoms with Crippen molar-refractivity contribution in [1.82, 2.24) is 4.98 Å². The molecular formula is C19H16BrFN2O2S. The van der Waals surface area contributed by atoms with Crippen LogP contribution in [0.3, 0.4) is 0 Å². The normalized spacial score (nSPS) is 16.9. The first-order valence-corrected chi connectivity index (χ1v) is 9.97. The van der Waals surface area contributed by atoms with Gasteiger partial charge in [0.25, 0.3) is 5.91 Å². The number of hydrogen-bond donors (Lipinski definition) is 0. The molecule has 0 N–H and O–H groups in total. The van der Waals surface area contributed by atoms with Crippen LogP contribution in [0.4, 0.5) is 9.52 Å². The van der Waals surface area contributed by atoms with E-state index in [1.165, 1.54) is 17.4 Å². The second-order valence-electron chi connectivity index (χ2n) is 6.14. The molecule has 1 saturated heterocycles. The highest BCUT2D eigenvalue weighted by Crippen LogP contribution is 2.32. The molecule has 1 atom stereocenters. The number of thiazole rings is 1. The number of rotatable bonds is 4. The Hall–Kier alpha value is -1.83. The van der Waals surface area contributed by atoms with Gasteiger partial charge in [-0.15, -0.1) is 0 Å². The molecule has 0 saturated carbocycles. The molecule has 4 nitrogen and oxygen atoms in total. The molecule has 1 aromatic heterocycles. The smallest absolute Gasteiger partial charge is 0.260 e. The van der Waals surface area contributed by atoms with Crippen molar-refractivity contribution in [3.63, 3.8) is 0 Å². The molecule has 0 spiro atoms. The Morgan fingerprint density at radius 3 is 2.81 bits per heavy atom. The fraction of sp³-hybridized carbons (Fsp3) is 0.263. The SMILES string of the molecule is O=C(c1ccc(Br)cc1)N(CC1CCCO1)c1nc2c(F)cccc2s1. The van der Waals surface area contributed by atoms with E-state index in [-0.39, 0.29) is 17.8 Å². The van der Waals surface area contributed by atoms with Crippen LogP contribution in [0.5, 0.6) is 0 Å². The van der Waals surface area contributed by atoms with Crippen molar-refractivity contribution in [3.8, 4) is 0 Å². The zero-order valence-corrected chi connectivity index (χ0v) is 16.2. The zero-order chi connectivity index (χ0) is 18.1. The molecule has 4 rings (SSSR count). The summed E-state index contributed by atoms with van der Waals surface area (Å²) in [5.74, 6) is -0.536. The van der Waals surface area contributed by atoms with Crippen LogP contribution < -0.4 is 4.90 Å². The van der Waals surface area contributed by atoms with E-state index < -0.39 is 0 Å². The largest absolute Gasteiger partial charge is 0.376 e. The van der Waals surface area contributed by atoms with Crippen LogP contribution in [0, 0.1) is 5.82 Å². The van der Waals surface area contributed by atoms with Crippen LogP contribution in [0.15, 0.2) is 46.9 Å². The van der Waals surface area contributed by atoms with E-state index >= 15 is 0 Å². The molecule has 0 bridgehead atoms. The van der Waals surface area contributed by atoms with Gasteiger partial charge in [-0.3, -0.25) is 9.69 Å². The molecule has 26 heavy (non-hydrogen) atoms. The maximum atomic E-state index is 14.0. The minimum absolute atomic E-state index is 0.0220. The van der Waals surface area contributed by atoms with Gasteiger partial charge in [-0.2, -0.15) is 0 Å². The highest BCUT2D eigenvalue weighted by molar-refractivity contribution is 9.10. The molecule has 1 fully saturated rings. The monoisotopic (exact) mass is 434 g/mol. The molecule has 0 aliphatic carbocycles. The first-order chi connectivity index (χ1) is 12.6. The van der Waals surface area contributed by atoms with Gasteiger partial charge in [0.1, 0.15) is 11.3 Å². The second kappa shape index (κ2) is 7.42. The van der Waals surface area contributed by atoms with Crippen molar-refractivity contribution < 1.29 is 13.9 Å². The van der Waals surface area contributed by atoms with Gasteiger partial charge in [0, 0.05) is 16.6 Å². The number of fused-ring (bicyclic) bond motifs is 1. The predicted octanol–water partition coefficient (Wildman–Crippen LogP) is 5.02. The van der Waals surface area contributed by atoms with Gasteiger partial charge >= 0.3 is 0 Å². The lowest BCUT2D eigenvalue weighted by molar-refractivity contribution is 0.0917. The summed E-state index contributed by atoms with van der Waals surface area (Å²) in [7, 11) is 0. The average molecular weight is 435 g/mol. The van der Waals surface area contributed by atoms with Crippen molar-refractivity contribution >= 4 is 48.5 Å². The maximum Gasteiger partial charge on any atom is 0.260 e. The van der Waals surface area contributed by atoms with Gasteiger partial charge in [-0.1, -0.05) is 33.3 Å². The van der Waals surface area contributed by atoms with E-state index in [0.717, 1.165) is 22.0 Å². The number of nitrogens with zero attached hydrogens (tertiary/aromatic N) is 2. The first kappa shape index (κ1) is 17.6. The van der Waals surface area contributed by atoms with Crippen LogP contribution in [0.2, 0.25) is 0 Å². The fourth-order valence-electron chi connectivity index (χ4n) is 3.01. The zero-order valence-electron chi connectivity index (χ0n) is 13.8. The second-order valence-corrected chi connectivity index (χ2v) is 8.07. The minimum atomic E-state index is -0.377. The third kappa shape index (κ3) is 3.51. The summed E-state index contributed by atoms with van der Waals surface area (Å²) in [6.45, 7) is 1.12. The van der Waals surface area contributed by atoms with Crippen LogP contribution in [-0.4, -0.2) is 30.1 Å². The predicted molar refractivity (Wildman–Crippen MR) is 104 cm³/mol. The van der Waals surface area contributed by atoms with Crippen molar-refractivity contribution in [2.75, 3.05) is 18.1 Å². The summed E-state index contributed by atoms with van der Waals surface area (Å²) < 4.78 is 21.4. The van der Waals surface area contributed by atoms with E-state index in [2.05, 4.69) is 20.9 Å². The molecule has 3 aromatic rings. The Labute approximate surface area is 162 Å². The number of para-hydroxylation sites is 1. The van der Waals surface area contributed by atoms with E-state index in [9.17, 15) is 9.18 Å². The third-order valence-corrected chi connectivity index (χ3v) is 5.91. The summed E-state index contributed by atoms with van der Waals surface area (Å²) in [6, 6.07) is 12.0. The van der Waals surface area contributed by atoms with Crippen LogP contribution >= 0.6 is 27.3 Å². The fourth-order valence-corrected chi connectivity index (χ4v) is 4.26. The van der Waals surface area contributed by atoms with E-state index in [4.69, 9.17) is 4.74 Å². The molecule has 1 aliphatic heterocycles. The Morgan fingerprint density at radius 1 is 1.31 bits per heavy atom. The van der Waals surface area contributed by atoms with E-state index in [0.29, 0.717) is 29.4 Å². The lowest BCUT2D eigenvalue weighted by Crippen LogP contribution is -2.37. The number of amides is 1. The Morgan fingerprint density at radius 2 is 2.12 bits per heavy atom. The summed E-state index contributed by atoms with van der Waals surface area (Å²) >= 11 is 4.70. The topological polar surface area (TPSA) is 42.4 Å².